The Bertz CT molecular complexity index is 389. The summed E-state index contributed by atoms with van der Waals surface area (Å²) < 4.78 is 4.61. The van der Waals surface area contributed by atoms with Crippen molar-refractivity contribution in [3.63, 3.8) is 0 Å². The fourth-order valence-electron chi connectivity index (χ4n) is 0.851. The summed E-state index contributed by atoms with van der Waals surface area (Å²) in [7, 11) is 0. The summed E-state index contributed by atoms with van der Waals surface area (Å²) in [5, 5.41) is 17.3. The molecule has 0 bridgehead atoms. The summed E-state index contributed by atoms with van der Waals surface area (Å²) in [6, 6.07) is 9.13. The fraction of sp³-hybridized carbons (Fsp3) is 0. The van der Waals surface area contributed by atoms with Crippen molar-refractivity contribution in [1.29, 1.82) is 0 Å². The highest BCUT2D eigenvalue weighted by molar-refractivity contribution is 5.69. The van der Waals surface area contributed by atoms with Gasteiger partial charge in [0, 0.05) is 6.07 Å². The number of rotatable bonds is 1. The molecule has 2 N–H and O–H groups in total. The monoisotopic (exact) mass is 206 g/mol. The van der Waals surface area contributed by atoms with Crippen LogP contribution in [0.3, 0.4) is 0 Å². The van der Waals surface area contributed by atoms with Crippen LogP contribution in [0, 0.1) is 0 Å². The van der Waals surface area contributed by atoms with Gasteiger partial charge in [0.05, 0.1) is 6.26 Å². The van der Waals surface area contributed by atoms with Crippen molar-refractivity contribution >= 4 is 6.29 Å². The van der Waals surface area contributed by atoms with E-state index in [0.717, 1.165) is 0 Å². The van der Waals surface area contributed by atoms with Crippen LogP contribution in [-0.2, 0) is 0 Å². The van der Waals surface area contributed by atoms with Gasteiger partial charge in [-0.2, -0.15) is 0 Å². The average Bonchev–Trinajstić information content (AvgIpc) is 2.70. The van der Waals surface area contributed by atoms with E-state index in [1.165, 1.54) is 24.5 Å². The summed E-state index contributed by atoms with van der Waals surface area (Å²) in [4.78, 5) is 9.77. The number of furan rings is 1. The Morgan fingerprint density at radius 1 is 1.07 bits per heavy atom. The topological polar surface area (TPSA) is 70.7 Å². The third-order valence-electron chi connectivity index (χ3n) is 1.49. The number of carbonyl (C=O) groups excluding carboxylic acids is 1. The van der Waals surface area contributed by atoms with Crippen molar-refractivity contribution in [2.75, 3.05) is 0 Å². The molecule has 2 rings (SSSR count). The molecule has 1 heterocycles. The molecule has 0 radical (unpaired) electrons. The molecule has 0 fully saturated rings. The second-order valence-electron chi connectivity index (χ2n) is 2.65. The molecule has 4 heteroatoms. The van der Waals surface area contributed by atoms with Gasteiger partial charge in [-0.15, -0.1) is 0 Å². The maximum atomic E-state index is 9.77. The van der Waals surface area contributed by atoms with Gasteiger partial charge in [-0.25, -0.2) is 0 Å². The number of phenolic OH excluding ortho intramolecular Hbond substituents is 2. The molecule has 0 spiro atoms. The van der Waals surface area contributed by atoms with Crippen molar-refractivity contribution in [1.82, 2.24) is 0 Å². The Morgan fingerprint density at radius 2 is 1.73 bits per heavy atom. The lowest BCUT2D eigenvalue weighted by atomic mass is 10.3. The third-order valence-corrected chi connectivity index (χ3v) is 1.49. The molecule has 0 saturated carbocycles. The Hall–Kier alpha value is -2.23. The SMILES string of the molecule is O=Cc1ccco1.Oc1cccc(O)c1. The van der Waals surface area contributed by atoms with E-state index in [4.69, 9.17) is 10.2 Å². The van der Waals surface area contributed by atoms with Gasteiger partial charge in [-0.1, -0.05) is 6.07 Å². The van der Waals surface area contributed by atoms with Crippen molar-refractivity contribution in [2.24, 2.45) is 0 Å². The van der Waals surface area contributed by atoms with Gasteiger partial charge in [0.1, 0.15) is 11.5 Å². The number of carbonyl (C=O) groups is 1. The van der Waals surface area contributed by atoms with E-state index in [2.05, 4.69) is 4.42 Å². The molecule has 0 amide bonds. The largest absolute Gasteiger partial charge is 0.508 e. The zero-order valence-electron chi connectivity index (χ0n) is 7.83. The van der Waals surface area contributed by atoms with Crippen LogP contribution in [0.1, 0.15) is 10.6 Å². The molecule has 0 saturated heterocycles. The maximum absolute atomic E-state index is 9.77. The highest BCUT2D eigenvalue weighted by Gasteiger charge is 1.85. The van der Waals surface area contributed by atoms with Crippen LogP contribution in [0.25, 0.3) is 0 Å². The van der Waals surface area contributed by atoms with Crippen LogP contribution in [0.2, 0.25) is 0 Å². The van der Waals surface area contributed by atoms with Crippen molar-refractivity contribution in [3.05, 3.63) is 48.4 Å². The minimum absolute atomic E-state index is 0.0880. The lowest BCUT2D eigenvalue weighted by Crippen LogP contribution is -1.65. The standard InChI is InChI=1S/C6H6O2.C5H4O2/c7-5-2-1-3-6(8)4-5;6-4-5-2-1-3-7-5/h1-4,7-8H;1-4H. The van der Waals surface area contributed by atoms with E-state index in [1.807, 2.05) is 0 Å². The molecular weight excluding hydrogens is 196 g/mol. The molecule has 78 valence electrons. The summed E-state index contributed by atoms with van der Waals surface area (Å²) in [5.41, 5.74) is 0. The predicted octanol–water partition coefficient (Wildman–Crippen LogP) is 2.19. The van der Waals surface area contributed by atoms with Gasteiger partial charge in [-0.05, 0) is 24.3 Å². The minimum Gasteiger partial charge on any atom is -0.508 e. The number of aromatic hydroxyl groups is 2. The van der Waals surface area contributed by atoms with Crippen LogP contribution in [0.5, 0.6) is 11.5 Å². The van der Waals surface area contributed by atoms with E-state index in [-0.39, 0.29) is 11.5 Å². The molecule has 0 aliphatic carbocycles. The molecule has 15 heavy (non-hydrogen) atoms. The molecule has 4 nitrogen and oxygen atoms in total. The first-order chi connectivity index (χ1) is 7.22. The molecule has 0 unspecified atom stereocenters. The molecule has 0 aliphatic heterocycles. The van der Waals surface area contributed by atoms with Crippen LogP contribution in [0.15, 0.2) is 47.1 Å². The number of hydrogen-bond donors (Lipinski definition) is 2. The van der Waals surface area contributed by atoms with E-state index < -0.39 is 0 Å². The van der Waals surface area contributed by atoms with Gasteiger partial charge in [0.15, 0.2) is 12.0 Å². The van der Waals surface area contributed by atoms with Crippen molar-refractivity contribution in [2.45, 2.75) is 0 Å². The van der Waals surface area contributed by atoms with Gasteiger partial charge in [0.25, 0.3) is 0 Å². The summed E-state index contributed by atoms with van der Waals surface area (Å²) in [6.45, 7) is 0. The molecule has 0 atom stereocenters. The van der Waals surface area contributed by atoms with Crippen LogP contribution >= 0.6 is 0 Å². The molecule has 1 aromatic carbocycles. The van der Waals surface area contributed by atoms with Crippen molar-refractivity contribution < 1.29 is 19.4 Å². The highest BCUT2D eigenvalue weighted by Crippen LogP contribution is 2.14. The Balaban J connectivity index is 0.000000151. The molecule has 1 aromatic heterocycles. The van der Waals surface area contributed by atoms with Gasteiger partial charge in [0.2, 0.25) is 0 Å². The lowest BCUT2D eigenvalue weighted by molar-refractivity contribution is 0.110. The first-order valence-electron chi connectivity index (χ1n) is 4.19. The van der Waals surface area contributed by atoms with E-state index >= 15 is 0 Å². The Morgan fingerprint density at radius 3 is 2.00 bits per heavy atom. The Kier molecular flexibility index (Phi) is 3.97. The van der Waals surface area contributed by atoms with Gasteiger partial charge in [-0.3, -0.25) is 4.79 Å². The van der Waals surface area contributed by atoms with E-state index in [1.54, 1.807) is 18.2 Å². The van der Waals surface area contributed by atoms with E-state index in [0.29, 0.717) is 12.0 Å². The van der Waals surface area contributed by atoms with Gasteiger partial charge < -0.3 is 14.6 Å². The summed E-state index contributed by atoms with van der Waals surface area (Å²) in [5.74, 6) is 0.551. The third kappa shape index (κ3) is 3.99. The molecule has 2 aromatic rings. The number of benzene rings is 1. The predicted molar refractivity (Wildman–Crippen MR) is 53.9 cm³/mol. The lowest BCUT2D eigenvalue weighted by Gasteiger charge is -1.89. The van der Waals surface area contributed by atoms with Gasteiger partial charge >= 0.3 is 0 Å². The fourth-order valence-corrected chi connectivity index (χ4v) is 0.851. The van der Waals surface area contributed by atoms with Crippen molar-refractivity contribution in [3.8, 4) is 11.5 Å². The maximum Gasteiger partial charge on any atom is 0.185 e. The van der Waals surface area contributed by atoms with Crippen LogP contribution in [0.4, 0.5) is 0 Å². The molecular formula is C11H10O4. The average molecular weight is 206 g/mol. The highest BCUT2D eigenvalue weighted by atomic mass is 16.3. The van der Waals surface area contributed by atoms with Crippen LogP contribution in [-0.4, -0.2) is 16.5 Å². The minimum atomic E-state index is 0.0880. The van der Waals surface area contributed by atoms with E-state index in [9.17, 15) is 4.79 Å². The normalized spacial score (nSPS) is 8.80. The number of phenols is 2. The molecule has 0 aliphatic rings. The first-order valence-corrected chi connectivity index (χ1v) is 4.19. The second kappa shape index (κ2) is 5.49. The summed E-state index contributed by atoms with van der Waals surface area (Å²) >= 11 is 0. The Labute approximate surface area is 86.4 Å². The zero-order valence-corrected chi connectivity index (χ0v) is 7.83. The smallest absolute Gasteiger partial charge is 0.185 e. The van der Waals surface area contributed by atoms with Crippen LogP contribution < -0.4 is 0 Å². The quantitative estimate of drug-likeness (QED) is 0.701. The first kappa shape index (κ1) is 10.8. The number of hydrogen-bond acceptors (Lipinski definition) is 4. The zero-order chi connectivity index (χ0) is 11.1. The summed E-state index contributed by atoms with van der Waals surface area (Å²) in [6.07, 6.45) is 2.13. The second-order valence-corrected chi connectivity index (χ2v) is 2.65. The number of aldehydes is 1.